The van der Waals surface area contributed by atoms with E-state index in [1.165, 1.54) is 19.1 Å². The Morgan fingerprint density at radius 1 is 1.30 bits per heavy atom. The minimum Gasteiger partial charge on any atom is -0.331 e. The van der Waals surface area contributed by atoms with Gasteiger partial charge in [-0.15, -0.1) is 0 Å². The summed E-state index contributed by atoms with van der Waals surface area (Å²) in [5.41, 5.74) is 3.47. The van der Waals surface area contributed by atoms with E-state index in [2.05, 4.69) is 15.4 Å². The zero-order valence-corrected chi connectivity index (χ0v) is 19.2. The molecule has 2 aromatic carbocycles. The molecule has 2 amide bonds. The average Bonchev–Trinajstić information content (AvgIpc) is 3.21. The number of nitrogens with zero attached hydrogens (tertiary/aromatic N) is 4. The molecular formula is C24H23ClFN5O2. The molecule has 9 heteroatoms. The molecule has 7 nitrogen and oxygen atoms in total. The molecule has 0 unspecified atom stereocenters. The third-order valence-electron chi connectivity index (χ3n) is 5.42. The van der Waals surface area contributed by atoms with Crippen LogP contribution in [-0.2, 0) is 11.3 Å². The fraction of sp³-hybridized carbons (Fsp3) is 0.250. The SMILES string of the molecule is CN=Cc1ccc(CN2C[C@H](C)n3nc(-c4cc(F)c(Cl)cc4NC(C)=O)cc3C2=O)cc1. The van der Waals surface area contributed by atoms with Crippen LogP contribution in [0, 0.1) is 5.82 Å². The molecule has 3 aromatic rings. The zero-order chi connectivity index (χ0) is 23.7. The van der Waals surface area contributed by atoms with E-state index in [0.717, 1.165) is 11.1 Å². The Hall–Kier alpha value is -3.52. The summed E-state index contributed by atoms with van der Waals surface area (Å²) in [6, 6.07) is 12.0. The van der Waals surface area contributed by atoms with Gasteiger partial charge in [0.15, 0.2) is 0 Å². The highest BCUT2D eigenvalue weighted by atomic mass is 35.5. The van der Waals surface area contributed by atoms with Crippen LogP contribution in [0.5, 0.6) is 0 Å². The van der Waals surface area contributed by atoms with Crippen LogP contribution in [-0.4, -0.2) is 46.3 Å². The van der Waals surface area contributed by atoms with Crippen molar-refractivity contribution in [1.82, 2.24) is 14.7 Å². The van der Waals surface area contributed by atoms with Gasteiger partial charge in [-0.05, 0) is 36.2 Å². The first-order chi connectivity index (χ1) is 15.8. The molecule has 4 rings (SSSR count). The molecule has 1 aliphatic heterocycles. The molecule has 0 saturated carbocycles. The molecule has 170 valence electrons. The van der Waals surface area contributed by atoms with Crippen molar-refractivity contribution in [3.8, 4) is 11.3 Å². The van der Waals surface area contributed by atoms with Crippen LogP contribution in [0.2, 0.25) is 5.02 Å². The molecule has 33 heavy (non-hydrogen) atoms. The van der Waals surface area contributed by atoms with Gasteiger partial charge in [-0.25, -0.2) is 4.39 Å². The number of nitrogens with one attached hydrogen (secondary N) is 1. The van der Waals surface area contributed by atoms with Crippen molar-refractivity contribution in [2.24, 2.45) is 4.99 Å². The fourth-order valence-corrected chi connectivity index (χ4v) is 4.09. The predicted octanol–water partition coefficient (Wildman–Crippen LogP) is 4.57. The largest absolute Gasteiger partial charge is 0.331 e. The Kier molecular flexibility index (Phi) is 6.29. The molecule has 1 N–H and O–H groups in total. The predicted molar refractivity (Wildman–Crippen MR) is 126 cm³/mol. The molecule has 0 saturated heterocycles. The standard InChI is InChI=1S/C24H23ClFN5O2/c1-14-12-30(13-17-6-4-16(5-7-17)11-27-3)24(33)23-10-22(29-31(14)23)18-8-20(26)19(25)9-21(18)28-15(2)32/h4-11,14H,12-13H2,1-3H3,(H,28,32)/t14-/m0/s1. The van der Waals surface area contributed by atoms with Crippen LogP contribution < -0.4 is 5.32 Å². The Morgan fingerprint density at radius 3 is 2.70 bits per heavy atom. The lowest BCUT2D eigenvalue weighted by Crippen LogP contribution is -2.41. The number of hydrogen-bond donors (Lipinski definition) is 1. The third kappa shape index (κ3) is 4.66. The first-order valence-electron chi connectivity index (χ1n) is 10.4. The maximum Gasteiger partial charge on any atom is 0.272 e. The van der Waals surface area contributed by atoms with Crippen LogP contribution in [0.15, 0.2) is 47.5 Å². The first-order valence-corrected chi connectivity index (χ1v) is 10.8. The molecule has 0 bridgehead atoms. The van der Waals surface area contributed by atoms with Crippen molar-refractivity contribution in [2.75, 3.05) is 18.9 Å². The van der Waals surface area contributed by atoms with Crippen molar-refractivity contribution in [3.63, 3.8) is 0 Å². The summed E-state index contributed by atoms with van der Waals surface area (Å²) < 4.78 is 15.9. The van der Waals surface area contributed by atoms with E-state index in [1.54, 1.807) is 28.9 Å². The number of fused-ring (bicyclic) bond motifs is 1. The molecule has 1 aromatic heterocycles. The van der Waals surface area contributed by atoms with Gasteiger partial charge in [-0.2, -0.15) is 5.10 Å². The first kappa shape index (κ1) is 22.7. The monoisotopic (exact) mass is 467 g/mol. The van der Waals surface area contributed by atoms with Crippen molar-refractivity contribution >= 4 is 35.3 Å². The fourth-order valence-electron chi connectivity index (χ4n) is 3.93. The number of rotatable bonds is 5. The second-order valence-corrected chi connectivity index (χ2v) is 8.42. The van der Waals surface area contributed by atoms with Crippen LogP contribution in [0.4, 0.5) is 10.1 Å². The normalized spacial score (nSPS) is 15.7. The number of aromatic nitrogens is 2. The van der Waals surface area contributed by atoms with Crippen LogP contribution in [0.1, 0.15) is 41.5 Å². The number of carbonyl (C=O) groups is 2. The minimum atomic E-state index is -0.635. The van der Waals surface area contributed by atoms with Crippen molar-refractivity contribution < 1.29 is 14.0 Å². The van der Waals surface area contributed by atoms with E-state index < -0.39 is 5.82 Å². The second-order valence-electron chi connectivity index (χ2n) is 8.02. The Morgan fingerprint density at radius 2 is 2.03 bits per heavy atom. The lowest BCUT2D eigenvalue weighted by atomic mass is 10.1. The zero-order valence-electron chi connectivity index (χ0n) is 18.5. The average molecular weight is 468 g/mol. The van der Waals surface area contributed by atoms with E-state index in [1.807, 2.05) is 31.2 Å². The number of carbonyl (C=O) groups excluding carboxylic acids is 2. The van der Waals surface area contributed by atoms with Gasteiger partial charge < -0.3 is 10.2 Å². The number of halogens is 2. The Balaban J connectivity index is 1.65. The number of anilines is 1. The van der Waals surface area contributed by atoms with E-state index in [9.17, 15) is 14.0 Å². The summed E-state index contributed by atoms with van der Waals surface area (Å²) >= 11 is 5.91. The van der Waals surface area contributed by atoms with Gasteiger partial charge >= 0.3 is 0 Å². The van der Waals surface area contributed by atoms with Crippen molar-refractivity contribution in [2.45, 2.75) is 26.4 Å². The highest BCUT2D eigenvalue weighted by Crippen LogP contribution is 2.34. The topological polar surface area (TPSA) is 79.6 Å². The van der Waals surface area contributed by atoms with Crippen molar-refractivity contribution in [3.05, 3.63) is 70.1 Å². The van der Waals surface area contributed by atoms with Gasteiger partial charge in [0, 0.05) is 38.8 Å². The maximum absolute atomic E-state index is 14.2. The Bertz CT molecular complexity index is 1250. The van der Waals surface area contributed by atoms with E-state index in [0.29, 0.717) is 35.7 Å². The smallest absolute Gasteiger partial charge is 0.272 e. The molecular weight excluding hydrogens is 445 g/mol. The van der Waals surface area contributed by atoms with Gasteiger partial charge in [0.05, 0.1) is 22.4 Å². The summed E-state index contributed by atoms with van der Waals surface area (Å²) in [5, 5.41) is 7.10. The summed E-state index contributed by atoms with van der Waals surface area (Å²) in [5.74, 6) is -1.12. The number of amides is 2. The molecule has 2 heterocycles. The molecule has 0 aliphatic carbocycles. The number of aliphatic imine (C=N–C) groups is 1. The number of hydrogen-bond acceptors (Lipinski definition) is 4. The second kappa shape index (κ2) is 9.15. The van der Waals surface area contributed by atoms with E-state index in [-0.39, 0.29) is 22.9 Å². The van der Waals surface area contributed by atoms with Crippen LogP contribution in [0.25, 0.3) is 11.3 Å². The van der Waals surface area contributed by atoms with E-state index in [4.69, 9.17) is 11.6 Å². The molecule has 0 fully saturated rings. The van der Waals surface area contributed by atoms with E-state index >= 15 is 0 Å². The van der Waals surface area contributed by atoms with Gasteiger partial charge in [0.1, 0.15) is 11.5 Å². The summed E-state index contributed by atoms with van der Waals surface area (Å²) in [6.07, 6.45) is 1.77. The van der Waals surface area contributed by atoms with Crippen LogP contribution >= 0.6 is 11.6 Å². The Labute approximate surface area is 195 Å². The molecule has 1 aliphatic rings. The van der Waals surface area contributed by atoms with Gasteiger partial charge in [-0.3, -0.25) is 19.3 Å². The van der Waals surface area contributed by atoms with Gasteiger partial charge in [0.25, 0.3) is 5.91 Å². The summed E-state index contributed by atoms with van der Waals surface area (Å²) in [4.78, 5) is 30.6. The van der Waals surface area contributed by atoms with Crippen molar-refractivity contribution in [1.29, 1.82) is 0 Å². The molecule has 0 spiro atoms. The quantitative estimate of drug-likeness (QED) is 0.558. The minimum absolute atomic E-state index is 0.0840. The highest BCUT2D eigenvalue weighted by Gasteiger charge is 2.31. The van der Waals surface area contributed by atoms with Gasteiger partial charge in [-0.1, -0.05) is 35.9 Å². The lowest BCUT2D eigenvalue weighted by molar-refractivity contribution is -0.114. The third-order valence-corrected chi connectivity index (χ3v) is 5.71. The summed E-state index contributed by atoms with van der Waals surface area (Å²) in [7, 11) is 1.72. The number of benzene rings is 2. The summed E-state index contributed by atoms with van der Waals surface area (Å²) in [6.45, 7) is 4.26. The molecule has 0 radical (unpaired) electrons. The maximum atomic E-state index is 14.2. The molecule has 1 atom stereocenters. The van der Waals surface area contributed by atoms with Crippen LogP contribution in [0.3, 0.4) is 0 Å². The van der Waals surface area contributed by atoms with Gasteiger partial charge in [0.2, 0.25) is 5.91 Å². The lowest BCUT2D eigenvalue weighted by Gasteiger charge is -2.31. The highest BCUT2D eigenvalue weighted by molar-refractivity contribution is 6.31.